The summed E-state index contributed by atoms with van der Waals surface area (Å²) >= 11 is 1.88. The lowest BCUT2D eigenvalue weighted by Gasteiger charge is -2.21. The van der Waals surface area contributed by atoms with Crippen LogP contribution >= 0.6 is 11.3 Å². The summed E-state index contributed by atoms with van der Waals surface area (Å²) in [6, 6.07) is 2.82. The summed E-state index contributed by atoms with van der Waals surface area (Å²) in [4.78, 5) is 2.79. The van der Waals surface area contributed by atoms with Gasteiger partial charge in [0.1, 0.15) is 0 Å². The summed E-state index contributed by atoms with van der Waals surface area (Å²) in [5.41, 5.74) is 1.35. The summed E-state index contributed by atoms with van der Waals surface area (Å²) < 4.78 is 11.3. The molecule has 114 valence electrons. The molecular weight excluding hydrogens is 270 g/mol. The minimum atomic E-state index is 0.533. The smallest absolute Gasteiger partial charge is 0.0727 e. The topological polar surface area (TPSA) is 30.5 Å². The maximum absolute atomic E-state index is 5.91. The van der Waals surface area contributed by atoms with Gasteiger partial charge >= 0.3 is 0 Å². The Hall–Kier alpha value is -0.420. The van der Waals surface area contributed by atoms with E-state index >= 15 is 0 Å². The van der Waals surface area contributed by atoms with Gasteiger partial charge in [0.05, 0.1) is 13.2 Å². The van der Waals surface area contributed by atoms with Crippen molar-refractivity contribution in [2.24, 2.45) is 5.92 Å². The molecule has 20 heavy (non-hydrogen) atoms. The van der Waals surface area contributed by atoms with Crippen LogP contribution < -0.4 is 5.32 Å². The van der Waals surface area contributed by atoms with Crippen LogP contribution in [0.3, 0.4) is 0 Å². The second-order valence-corrected chi connectivity index (χ2v) is 7.24. The van der Waals surface area contributed by atoms with Crippen molar-refractivity contribution in [3.63, 3.8) is 0 Å². The standard InChI is InChI=1S/C16H27NO2S/c1-12(2)17-9-16-8-15(13(3)20-16)11-19-10-14-4-6-18-7-5-14/h8,12,14,17H,4-7,9-11H2,1-3H3. The minimum absolute atomic E-state index is 0.533. The highest BCUT2D eigenvalue weighted by molar-refractivity contribution is 7.12. The van der Waals surface area contributed by atoms with E-state index in [2.05, 4.69) is 32.2 Å². The highest BCUT2D eigenvalue weighted by Crippen LogP contribution is 2.23. The van der Waals surface area contributed by atoms with Crippen molar-refractivity contribution in [3.05, 3.63) is 21.4 Å². The van der Waals surface area contributed by atoms with Gasteiger partial charge in [0.25, 0.3) is 0 Å². The maximum atomic E-state index is 5.91. The number of thiophene rings is 1. The average Bonchev–Trinajstić information content (AvgIpc) is 2.78. The molecule has 2 heterocycles. The van der Waals surface area contributed by atoms with Gasteiger partial charge in [-0.2, -0.15) is 0 Å². The zero-order valence-corrected chi connectivity index (χ0v) is 13.7. The molecule has 3 nitrogen and oxygen atoms in total. The van der Waals surface area contributed by atoms with Crippen LogP contribution in [-0.4, -0.2) is 25.9 Å². The predicted octanol–water partition coefficient (Wildman–Crippen LogP) is 3.50. The molecule has 1 aliphatic heterocycles. The molecule has 1 fully saturated rings. The van der Waals surface area contributed by atoms with E-state index in [9.17, 15) is 0 Å². The first-order valence-electron chi connectivity index (χ1n) is 7.62. The Labute approximate surface area is 126 Å². The van der Waals surface area contributed by atoms with Crippen LogP contribution in [0.5, 0.6) is 0 Å². The van der Waals surface area contributed by atoms with Crippen LogP contribution in [0.2, 0.25) is 0 Å². The Kier molecular flexibility index (Phi) is 6.49. The van der Waals surface area contributed by atoms with Crippen molar-refractivity contribution in [1.29, 1.82) is 0 Å². The van der Waals surface area contributed by atoms with Crippen LogP contribution in [0.15, 0.2) is 6.07 Å². The molecule has 0 unspecified atom stereocenters. The number of nitrogens with one attached hydrogen (secondary N) is 1. The molecule has 0 aliphatic carbocycles. The number of hydrogen-bond donors (Lipinski definition) is 1. The minimum Gasteiger partial charge on any atom is -0.381 e. The fourth-order valence-corrected chi connectivity index (χ4v) is 3.37. The Morgan fingerprint density at radius 3 is 2.85 bits per heavy atom. The fourth-order valence-electron chi connectivity index (χ4n) is 2.37. The molecule has 0 amide bonds. The van der Waals surface area contributed by atoms with Crippen LogP contribution in [0.1, 0.15) is 42.0 Å². The van der Waals surface area contributed by atoms with Gasteiger partial charge in [-0.25, -0.2) is 0 Å². The van der Waals surface area contributed by atoms with Crippen molar-refractivity contribution in [2.75, 3.05) is 19.8 Å². The maximum Gasteiger partial charge on any atom is 0.0727 e. The molecule has 1 N–H and O–H groups in total. The van der Waals surface area contributed by atoms with E-state index < -0.39 is 0 Å². The van der Waals surface area contributed by atoms with Crippen molar-refractivity contribution in [1.82, 2.24) is 5.32 Å². The number of rotatable bonds is 7. The summed E-state index contributed by atoms with van der Waals surface area (Å²) in [6.45, 7) is 10.9. The van der Waals surface area contributed by atoms with Crippen molar-refractivity contribution < 1.29 is 9.47 Å². The first-order chi connectivity index (χ1) is 9.65. The molecule has 4 heteroatoms. The number of hydrogen-bond acceptors (Lipinski definition) is 4. The predicted molar refractivity (Wildman–Crippen MR) is 84.2 cm³/mol. The normalized spacial score (nSPS) is 17.0. The van der Waals surface area contributed by atoms with Crippen molar-refractivity contribution >= 4 is 11.3 Å². The van der Waals surface area contributed by atoms with Crippen LogP contribution in [-0.2, 0) is 22.6 Å². The quantitative estimate of drug-likeness (QED) is 0.835. The second-order valence-electron chi connectivity index (χ2n) is 5.90. The van der Waals surface area contributed by atoms with Gasteiger partial charge in [0, 0.05) is 35.6 Å². The van der Waals surface area contributed by atoms with E-state index in [4.69, 9.17) is 9.47 Å². The molecule has 1 saturated heterocycles. The van der Waals surface area contributed by atoms with E-state index in [-0.39, 0.29) is 0 Å². The molecule has 1 aliphatic rings. The molecule has 2 rings (SSSR count). The van der Waals surface area contributed by atoms with E-state index in [0.717, 1.165) is 45.8 Å². The Bertz CT molecular complexity index is 397. The highest BCUT2D eigenvalue weighted by Gasteiger charge is 2.14. The van der Waals surface area contributed by atoms with Gasteiger partial charge in [0.15, 0.2) is 0 Å². The van der Waals surface area contributed by atoms with E-state index in [1.807, 2.05) is 11.3 Å². The summed E-state index contributed by atoms with van der Waals surface area (Å²) in [7, 11) is 0. The molecular formula is C16H27NO2S. The number of aryl methyl sites for hydroxylation is 1. The first-order valence-corrected chi connectivity index (χ1v) is 8.44. The number of ether oxygens (including phenoxy) is 2. The summed E-state index contributed by atoms with van der Waals surface area (Å²) in [5.74, 6) is 0.685. The molecule has 1 aromatic heterocycles. The highest BCUT2D eigenvalue weighted by atomic mass is 32.1. The van der Waals surface area contributed by atoms with Crippen LogP contribution in [0.25, 0.3) is 0 Å². The monoisotopic (exact) mass is 297 g/mol. The lowest BCUT2D eigenvalue weighted by molar-refractivity contribution is 0.0157. The van der Waals surface area contributed by atoms with Gasteiger partial charge in [-0.1, -0.05) is 13.8 Å². The van der Waals surface area contributed by atoms with Crippen molar-refractivity contribution in [2.45, 2.75) is 52.8 Å². The largest absolute Gasteiger partial charge is 0.381 e. The van der Waals surface area contributed by atoms with Gasteiger partial charge in [-0.05, 0) is 37.3 Å². The third-order valence-electron chi connectivity index (χ3n) is 3.71. The molecule has 0 aromatic carbocycles. The lowest BCUT2D eigenvalue weighted by Crippen LogP contribution is -2.21. The lowest BCUT2D eigenvalue weighted by atomic mass is 10.0. The average molecular weight is 297 g/mol. The fraction of sp³-hybridized carbons (Fsp3) is 0.750. The zero-order valence-electron chi connectivity index (χ0n) is 12.9. The van der Waals surface area contributed by atoms with E-state index in [0.29, 0.717) is 12.0 Å². The first kappa shape index (κ1) is 16.0. The van der Waals surface area contributed by atoms with E-state index in [1.54, 1.807) is 0 Å². The van der Waals surface area contributed by atoms with Gasteiger partial charge in [0.2, 0.25) is 0 Å². The molecule has 0 radical (unpaired) electrons. The Morgan fingerprint density at radius 1 is 1.40 bits per heavy atom. The van der Waals surface area contributed by atoms with Crippen LogP contribution in [0, 0.1) is 12.8 Å². The zero-order chi connectivity index (χ0) is 14.4. The molecule has 1 aromatic rings. The third-order valence-corrected chi connectivity index (χ3v) is 4.80. The van der Waals surface area contributed by atoms with E-state index in [1.165, 1.54) is 15.3 Å². The molecule has 0 bridgehead atoms. The Balaban J connectivity index is 1.74. The van der Waals surface area contributed by atoms with Crippen LogP contribution in [0.4, 0.5) is 0 Å². The SMILES string of the molecule is Cc1sc(CNC(C)C)cc1COCC1CCOCC1. The van der Waals surface area contributed by atoms with Gasteiger partial charge in [-0.15, -0.1) is 11.3 Å². The summed E-state index contributed by atoms with van der Waals surface area (Å²) in [5, 5.41) is 3.47. The van der Waals surface area contributed by atoms with Gasteiger partial charge < -0.3 is 14.8 Å². The second kappa shape index (κ2) is 8.13. The molecule has 0 saturated carbocycles. The molecule has 0 spiro atoms. The summed E-state index contributed by atoms with van der Waals surface area (Å²) in [6.07, 6.45) is 2.29. The third kappa shape index (κ3) is 5.17. The van der Waals surface area contributed by atoms with Crippen molar-refractivity contribution in [3.8, 4) is 0 Å². The Morgan fingerprint density at radius 2 is 2.15 bits per heavy atom. The van der Waals surface area contributed by atoms with Gasteiger partial charge in [-0.3, -0.25) is 0 Å². The molecule has 0 atom stereocenters.